The van der Waals surface area contributed by atoms with Gasteiger partial charge in [-0.25, -0.2) is 4.98 Å². The number of ether oxygens (including phenoxy) is 1. The average Bonchev–Trinajstić information content (AvgIpc) is 3.95. The van der Waals surface area contributed by atoms with Gasteiger partial charge >= 0.3 is 0 Å². The number of rotatable bonds is 21. The van der Waals surface area contributed by atoms with E-state index in [4.69, 9.17) is 4.74 Å². The van der Waals surface area contributed by atoms with E-state index < -0.39 is 29.5 Å². The van der Waals surface area contributed by atoms with E-state index in [2.05, 4.69) is 95.3 Å². The van der Waals surface area contributed by atoms with Crippen LogP contribution >= 0.6 is 23.1 Å². The molecule has 1 fully saturated rings. The monoisotopic (exact) mass is 943 g/mol. The van der Waals surface area contributed by atoms with E-state index in [1.165, 1.54) is 32.7 Å². The molecule has 0 spiro atoms. The van der Waals surface area contributed by atoms with Crippen LogP contribution in [0.2, 0.25) is 0 Å². The Morgan fingerprint density at radius 3 is 2.18 bits per heavy atom. The molecular formula is C54H65N5O6S2. The highest BCUT2D eigenvalue weighted by molar-refractivity contribution is 7.99. The number of aliphatic hydroxyl groups is 1. The topological polar surface area (TPSA) is 141 Å². The summed E-state index contributed by atoms with van der Waals surface area (Å²) in [7, 11) is 1.80. The Labute approximate surface area is 404 Å². The maximum atomic E-state index is 14.0. The van der Waals surface area contributed by atoms with Crippen LogP contribution in [0.15, 0.2) is 120 Å². The smallest absolute Gasteiger partial charge is 0.246 e. The zero-order chi connectivity index (χ0) is 47.9. The van der Waals surface area contributed by atoms with Crippen molar-refractivity contribution in [3.8, 4) is 10.4 Å². The highest BCUT2D eigenvalue weighted by atomic mass is 32.2. The third-order valence-corrected chi connectivity index (χ3v) is 13.9. The van der Waals surface area contributed by atoms with Gasteiger partial charge in [-0.05, 0) is 76.3 Å². The molecule has 67 heavy (non-hydrogen) atoms. The van der Waals surface area contributed by atoms with Crippen LogP contribution in [0.1, 0.15) is 87.7 Å². The van der Waals surface area contributed by atoms with E-state index >= 15 is 0 Å². The zero-order valence-corrected chi connectivity index (χ0v) is 41.3. The van der Waals surface area contributed by atoms with Crippen molar-refractivity contribution in [1.29, 1.82) is 0 Å². The number of aliphatic hydroxyl groups excluding tert-OH is 1. The lowest BCUT2D eigenvalue weighted by Gasteiger charge is -2.35. The fourth-order valence-electron chi connectivity index (χ4n) is 8.23. The Balaban J connectivity index is 0.900. The minimum Gasteiger partial charge on any atom is -0.391 e. The number of likely N-dealkylation sites (tertiary alicyclic amines) is 1. The second-order valence-corrected chi connectivity index (χ2v) is 20.1. The minimum absolute atomic E-state index is 0.000653. The summed E-state index contributed by atoms with van der Waals surface area (Å²) in [5.74, 6) is -0.349. The van der Waals surface area contributed by atoms with E-state index in [9.17, 15) is 24.3 Å². The molecule has 11 nitrogen and oxygen atoms in total. The van der Waals surface area contributed by atoms with Crippen LogP contribution in [0.3, 0.4) is 0 Å². The second-order valence-electron chi connectivity index (χ2n) is 18.0. The van der Waals surface area contributed by atoms with E-state index in [-0.39, 0.29) is 63.3 Å². The predicted molar refractivity (Wildman–Crippen MR) is 270 cm³/mol. The Bertz CT molecular complexity index is 2430. The lowest BCUT2D eigenvalue weighted by Crippen LogP contribution is -2.57. The fraction of sp³-hybridized carbons (Fsp3) is 0.389. The van der Waals surface area contributed by atoms with Gasteiger partial charge in [-0.15, -0.1) is 23.1 Å². The summed E-state index contributed by atoms with van der Waals surface area (Å²) >= 11 is 3.29. The first-order valence-corrected chi connectivity index (χ1v) is 25.0. The number of thioether (sulfide) groups is 1. The molecule has 1 aliphatic rings. The average molecular weight is 944 g/mol. The molecule has 0 radical (unpaired) electrons. The summed E-state index contributed by atoms with van der Waals surface area (Å²) in [6.45, 7) is 11.1. The molecule has 1 aliphatic heterocycles. The molecule has 3 atom stereocenters. The van der Waals surface area contributed by atoms with Crippen molar-refractivity contribution in [1.82, 2.24) is 25.4 Å². The quantitative estimate of drug-likeness (QED) is 0.0376. The van der Waals surface area contributed by atoms with Crippen molar-refractivity contribution in [2.75, 3.05) is 39.1 Å². The van der Waals surface area contributed by atoms with Crippen LogP contribution in [0, 0.1) is 12.3 Å². The highest BCUT2D eigenvalue weighted by Gasteiger charge is 2.44. The number of thiazole rings is 1. The lowest BCUT2D eigenvalue weighted by atomic mass is 9.85. The third kappa shape index (κ3) is 14.2. The van der Waals surface area contributed by atoms with Crippen LogP contribution < -0.4 is 10.6 Å². The molecule has 1 saturated heterocycles. The normalized spacial score (nSPS) is 15.7. The van der Waals surface area contributed by atoms with Gasteiger partial charge in [-0.2, -0.15) is 0 Å². The first kappa shape index (κ1) is 50.8. The van der Waals surface area contributed by atoms with Crippen molar-refractivity contribution in [3.05, 3.63) is 143 Å². The second kappa shape index (κ2) is 24.4. The van der Waals surface area contributed by atoms with Crippen LogP contribution in [0.5, 0.6) is 0 Å². The van der Waals surface area contributed by atoms with Gasteiger partial charge in [0.25, 0.3) is 0 Å². The SMILES string of the molecule is CC/C(=C(\c1ccccc1)c1ccc(SCCN(C)C(=O)CCOCCCC(=O)N[C@H](C(=O)N2C[C@H](O)C[C@H]2C(=O)NCc2ccc(-c3scnc3C)cc2)C(C)(C)C)cc1)c1ccccc1. The van der Waals surface area contributed by atoms with Crippen LogP contribution in [-0.2, 0) is 30.5 Å². The summed E-state index contributed by atoms with van der Waals surface area (Å²) in [5.41, 5.74) is 10.2. The molecule has 6 rings (SSSR count). The molecule has 5 aromatic rings. The van der Waals surface area contributed by atoms with Gasteiger partial charge in [0.1, 0.15) is 12.1 Å². The van der Waals surface area contributed by atoms with E-state index in [0.717, 1.165) is 38.8 Å². The Morgan fingerprint density at radius 2 is 1.55 bits per heavy atom. The summed E-state index contributed by atoms with van der Waals surface area (Å²) in [6, 6.07) is 35.9. The van der Waals surface area contributed by atoms with Gasteiger partial charge in [0.2, 0.25) is 23.6 Å². The standard InChI is InChI=1S/C54H65N5O6S2/c1-7-45(39-15-10-8-11-16-39)49(40-17-12-9-13-18-40)41-24-26-44(27-25-41)66-32-29-58(6)48(62)28-31-65-30-14-19-47(61)57-51(54(3,4)5)53(64)59-35-43(60)33-46(59)52(63)55-34-38-20-22-42(23-21-38)50-37(2)56-36-67-50/h8-13,15-18,20-27,36,43,46,51,60H,7,14,19,28-35H2,1-6H3,(H,55,63)(H,57,61)/b49-45-/t43-,46+,51-/m1/s1. The molecular weight excluding hydrogens is 879 g/mol. The van der Waals surface area contributed by atoms with Gasteiger partial charge in [0, 0.05) is 56.8 Å². The number of allylic oxidation sites excluding steroid dienone is 1. The third-order valence-electron chi connectivity index (χ3n) is 12.0. The van der Waals surface area contributed by atoms with Gasteiger partial charge in [-0.1, -0.05) is 125 Å². The molecule has 0 bridgehead atoms. The molecule has 2 heterocycles. The van der Waals surface area contributed by atoms with E-state index in [1.54, 1.807) is 35.0 Å². The number of aryl methyl sites for hydroxylation is 1. The van der Waals surface area contributed by atoms with Crippen LogP contribution in [0.25, 0.3) is 21.6 Å². The number of carbonyl (C=O) groups excluding carboxylic acids is 4. The zero-order valence-electron chi connectivity index (χ0n) is 39.6. The van der Waals surface area contributed by atoms with Crippen molar-refractivity contribution < 1.29 is 29.0 Å². The number of hydrogen-bond acceptors (Lipinski definition) is 9. The molecule has 4 aromatic carbocycles. The Kier molecular flexibility index (Phi) is 18.5. The van der Waals surface area contributed by atoms with Crippen molar-refractivity contribution in [3.63, 3.8) is 0 Å². The maximum Gasteiger partial charge on any atom is 0.246 e. The van der Waals surface area contributed by atoms with Crippen molar-refractivity contribution >= 4 is 57.9 Å². The highest BCUT2D eigenvalue weighted by Crippen LogP contribution is 2.35. The van der Waals surface area contributed by atoms with Gasteiger partial charge in [0.05, 0.1) is 35.2 Å². The molecule has 0 aliphatic carbocycles. The molecule has 354 valence electrons. The number of β-amino-alcohol motifs (C(OH)–C–C–N with tert-alkyl or cyclic N) is 1. The van der Waals surface area contributed by atoms with E-state index in [1.807, 2.05) is 69.6 Å². The molecule has 13 heteroatoms. The number of nitrogens with zero attached hydrogens (tertiary/aromatic N) is 3. The maximum absolute atomic E-state index is 14.0. The van der Waals surface area contributed by atoms with Crippen molar-refractivity contribution in [2.45, 2.75) is 96.4 Å². The summed E-state index contributed by atoms with van der Waals surface area (Å²) in [5, 5.41) is 16.4. The van der Waals surface area contributed by atoms with E-state index in [0.29, 0.717) is 13.0 Å². The summed E-state index contributed by atoms with van der Waals surface area (Å²) < 4.78 is 5.74. The molecule has 0 unspecified atom stereocenters. The predicted octanol–water partition coefficient (Wildman–Crippen LogP) is 9.03. The molecule has 4 amide bonds. The summed E-state index contributed by atoms with van der Waals surface area (Å²) in [6.07, 6.45) is 0.912. The molecule has 0 saturated carbocycles. The van der Waals surface area contributed by atoms with Crippen molar-refractivity contribution in [2.24, 2.45) is 5.41 Å². The fourth-order valence-corrected chi connectivity index (χ4v) is 9.97. The summed E-state index contributed by atoms with van der Waals surface area (Å²) in [4.78, 5) is 63.2. The van der Waals surface area contributed by atoms with Crippen LogP contribution in [0.4, 0.5) is 0 Å². The Morgan fingerprint density at radius 1 is 0.896 bits per heavy atom. The largest absolute Gasteiger partial charge is 0.391 e. The number of hydrogen-bond donors (Lipinski definition) is 3. The van der Waals surface area contributed by atoms with Gasteiger partial charge < -0.3 is 30.3 Å². The molecule has 3 N–H and O–H groups in total. The Hall–Kier alpha value is -5.60. The van der Waals surface area contributed by atoms with Gasteiger partial charge in [0.15, 0.2) is 0 Å². The first-order valence-electron chi connectivity index (χ1n) is 23.2. The van der Waals surface area contributed by atoms with Gasteiger partial charge in [-0.3, -0.25) is 19.2 Å². The number of amides is 4. The lowest BCUT2D eigenvalue weighted by molar-refractivity contribution is -0.144. The minimum atomic E-state index is -0.918. The number of nitrogens with one attached hydrogen (secondary N) is 2. The van der Waals surface area contributed by atoms with Crippen LogP contribution in [-0.4, -0.2) is 101 Å². The number of carbonyl (C=O) groups is 4. The number of aromatic nitrogens is 1. The first-order chi connectivity index (χ1) is 32.2. The molecule has 1 aromatic heterocycles. The number of benzene rings is 4.